The molecule has 1 rings (SSSR count). The third kappa shape index (κ3) is 4.88. The van der Waals surface area contributed by atoms with E-state index in [-0.39, 0.29) is 12.1 Å². The summed E-state index contributed by atoms with van der Waals surface area (Å²) in [6.07, 6.45) is 1.71. The predicted molar refractivity (Wildman–Crippen MR) is 77.9 cm³/mol. The molecule has 0 aliphatic heterocycles. The van der Waals surface area contributed by atoms with Crippen molar-refractivity contribution in [1.82, 2.24) is 9.97 Å². The number of hydrogen-bond acceptors (Lipinski definition) is 4. The predicted octanol–water partition coefficient (Wildman–Crippen LogP) is 2.80. The van der Waals surface area contributed by atoms with Crippen molar-refractivity contribution in [2.45, 2.75) is 59.6 Å². The first kappa shape index (κ1) is 16.1. The minimum absolute atomic E-state index is 0.0403. The summed E-state index contributed by atoms with van der Waals surface area (Å²) in [5.41, 5.74) is 8.00. The second-order valence-corrected chi connectivity index (χ2v) is 5.35. The van der Waals surface area contributed by atoms with Crippen molar-refractivity contribution in [3.05, 3.63) is 23.3 Å². The van der Waals surface area contributed by atoms with E-state index >= 15 is 0 Å². The SMILES string of the molecule is CCOC(c1nc(C)cc(CC(N)CC)n1)C(C)C. The van der Waals surface area contributed by atoms with Crippen molar-refractivity contribution in [2.24, 2.45) is 11.7 Å². The highest BCUT2D eigenvalue weighted by atomic mass is 16.5. The topological polar surface area (TPSA) is 61.0 Å². The van der Waals surface area contributed by atoms with E-state index in [4.69, 9.17) is 10.5 Å². The largest absolute Gasteiger partial charge is 0.370 e. The zero-order valence-electron chi connectivity index (χ0n) is 12.8. The molecular formula is C15H27N3O. The Hall–Kier alpha value is -1.00. The fourth-order valence-corrected chi connectivity index (χ4v) is 2.05. The molecule has 2 unspecified atom stereocenters. The van der Waals surface area contributed by atoms with Gasteiger partial charge in [0.25, 0.3) is 0 Å². The highest BCUT2D eigenvalue weighted by Gasteiger charge is 2.20. The van der Waals surface area contributed by atoms with Crippen LogP contribution < -0.4 is 5.73 Å². The van der Waals surface area contributed by atoms with Gasteiger partial charge in [0.1, 0.15) is 6.10 Å². The van der Waals surface area contributed by atoms with Gasteiger partial charge < -0.3 is 10.5 Å². The molecule has 1 aromatic heterocycles. The minimum atomic E-state index is -0.0403. The fraction of sp³-hybridized carbons (Fsp3) is 0.733. The van der Waals surface area contributed by atoms with E-state index in [0.29, 0.717) is 12.5 Å². The van der Waals surface area contributed by atoms with Gasteiger partial charge in [0.05, 0.1) is 0 Å². The Balaban J connectivity index is 2.99. The summed E-state index contributed by atoms with van der Waals surface area (Å²) in [5, 5.41) is 0. The Labute approximate surface area is 116 Å². The fourth-order valence-electron chi connectivity index (χ4n) is 2.05. The van der Waals surface area contributed by atoms with Crippen LogP contribution in [-0.4, -0.2) is 22.6 Å². The van der Waals surface area contributed by atoms with Crippen molar-refractivity contribution in [3.8, 4) is 0 Å². The number of aryl methyl sites for hydroxylation is 1. The Kier molecular flexibility index (Phi) is 6.38. The van der Waals surface area contributed by atoms with Gasteiger partial charge in [-0.3, -0.25) is 0 Å². The molecule has 0 aliphatic carbocycles. The molecule has 4 nitrogen and oxygen atoms in total. The molecule has 0 radical (unpaired) electrons. The Morgan fingerprint density at radius 3 is 2.47 bits per heavy atom. The third-order valence-corrected chi connectivity index (χ3v) is 3.13. The second kappa shape index (κ2) is 7.56. The van der Waals surface area contributed by atoms with Gasteiger partial charge in [0, 0.05) is 30.5 Å². The average molecular weight is 265 g/mol. The van der Waals surface area contributed by atoms with Crippen LogP contribution >= 0.6 is 0 Å². The number of nitrogens with two attached hydrogens (primary N) is 1. The Morgan fingerprint density at radius 2 is 1.95 bits per heavy atom. The standard InChI is InChI=1S/C15H27N3O/c1-6-12(16)9-13-8-11(5)17-15(18-13)14(10(3)4)19-7-2/h8,10,12,14H,6-7,9,16H2,1-5H3. The average Bonchev–Trinajstić information content (AvgIpc) is 2.34. The summed E-state index contributed by atoms with van der Waals surface area (Å²) in [4.78, 5) is 9.18. The molecule has 4 heteroatoms. The molecule has 0 aliphatic rings. The second-order valence-electron chi connectivity index (χ2n) is 5.35. The zero-order valence-corrected chi connectivity index (χ0v) is 12.8. The van der Waals surface area contributed by atoms with E-state index in [9.17, 15) is 0 Å². The van der Waals surface area contributed by atoms with Crippen LogP contribution in [0.3, 0.4) is 0 Å². The molecule has 0 spiro atoms. The van der Waals surface area contributed by atoms with Crippen LogP contribution in [0.25, 0.3) is 0 Å². The molecule has 19 heavy (non-hydrogen) atoms. The van der Waals surface area contributed by atoms with E-state index in [1.54, 1.807) is 0 Å². The van der Waals surface area contributed by atoms with Crippen molar-refractivity contribution in [1.29, 1.82) is 0 Å². The first-order valence-electron chi connectivity index (χ1n) is 7.19. The summed E-state index contributed by atoms with van der Waals surface area (Å²) in [6.45, 7) is 11.0. The Bertz CT molecular complexity index is 393. The lowest BCUT2D eigenvalue weighted by molar-refractivity contribution is 0.0229. The smallest absolute Gasteiger partial charge is 0.157 e. The van der Waals surface area contributed by atoms with Gasteiger partial charge in [-0.05, 0) is 32.3 Å². The number of ether oxygens (including phenoxy) is 1. The van der Waals surface area contributed by atoms with E-state index in [1.807, 2.05) is 19.9 Å². The van der Waals surface area contributed by atoms with E-state index in [1.165, 1.54) is 0 Å². The molecule has 108 valence electrons. The molecular weight excluding hydrogens is 238 g/mol. The molecule has 1 heterocycles. The molecule has 0 saturated carbocycles. The van der Waals surface area contributed by atoms with E-state index in [2.05, 4.69) is 30.7 Å². The van der Waals surface area contributed by atoms with E-state index < -0.39 is 0 Å². The van der Waals surface area contributed by atoms with Crippen LogP contribution in [0.1, 0.15) is 57.4 Å². The number of aromatic nitrogens is 2. The summed E-state index contributed by atoms with van der Waals surface area (Å²) in [5.74, 6) is 1.14. The maximum Gasteiger partial charge on any atom is 0.157 e. The monoisotopic (exact) mass is 265 g/mol. The zero-order chi connectivity index (χ0) is 14.4. The van der Waals surface area contributed by atoms with Gasteiger partial charge in [0.15, 0.2) is 5.82 Å². The highest BCUT2D eigenvalue weighted by Crippen LogP contribution is 2.23. The first-order chi connectivity index (χ1) is 8.97. The van der Waals surface area contributed by atoms with Crippen LogP contribution in [-0.2, 0) is 11.2 Å². The van der Waals surface area contributed by atoms with Crippen LogP contribution in [0, 0.1) is 12.8 Å². The summed E-state index contributed by atoms with van der Waals surface area (Å²) in [7, 11) is 0. The maximum absolute atomic E-state index is 6.01. The van der Waals surface area contributed by atoms with Gasteiger partial charge >= 0.3 is 0 Å². The summed E-state index contributed by atoms with van der Waals surface area (Å²) >= 11 is 0. The normalized spacial score (nSPS) is 14.7. The lowest BCUT2D eigenvalue weighted by Gasteiger charge is -2.20. The van der Waals surface area contributed by atoms with Gasteiger partial charge in [-0.1, -0.05) is 20.8 Å². The lowest BCUT2D eigenvalue weighted by Crippen LogP contribution is -2.23. The molecule has 2 N–H and O–H groups in total. The quantitative estimate of drug-likeness (QED) is 0.823. The van der Waals surface area contributed by atoms with Crippen LogP contribution in [0.2, 0.25) is 0 Å². The molecule has 0 saturated heterocycles. The summed E-state index contributed by atoms with van der Waals surface area (Å²) in [6, 6.07) is 2.18. The molecule has 0 bridgehead atoms. The van der Waals surface area contributed by atoms with Crippen molar-refractivity contribution in [3.63, 3.8) is 0 Å². The first-order valence-corrected chi connectivity index (χ1v) is 7.19. The molecule has 0 amide bonds. The Morgan fingerprint density at radius 1 is 1.26 bits per heavy atom. The van der Waals surface area contributed by atoms with Crippen molar-refractivity contribution in [2.75, 3.05) is 6.61 Å². The van der Waals surface area contributed by atoms with Gasteiger partial charge in [-0.2, -0.15) is 0 Å². The highest BCUT2D eigenvalue weighted by molar-refractivity contribution is 5.13. The molecule has 1 aromatic rings. The van der Waals surface area contributed by atoms with Crippen LogP contribution in [0.15, 0.2) is 6.07 Å². The van der Waals surface area contributed by atoms with Crippen LogP contribution in [0.4, 0.5) is 0 Å². The van der Waals surface area contributed by atoms with E-state index in [0.717, 1.165) is 30.1 Å². The number of nitrogens with zero attached hydrogens (tertiary/aromatic N) is 2. The van der Waals surface area contributed by atoms with Gasteiger partial charge in [-0.25, -0.2) is 9.97 Å². The van der Waals surface area contributed by atoms with Gasteiger partial charge in [-0.15, -0.1) is 0 Å². The molecule has 0 aromatic carbocycles. The molecule has 0 fully saturated rings. The maximum atomic E-state index is 6.01. The van der Waals surface area contributed by atoms with Gasteiger partial charge in [0.2, 0.25) is 0 Å². The van der Waals surface area contributed by atoms with Crippen molar-refractivity contribution < 1.29 is 4.74 Å². The third-order valence-electron chi connectivity index (χ3n) is 3.13. The van der Waals surface area contributed by atoms with Crippen LogP contribution in [0.5, 0.6) is 0 Å². The number of hydrogen-bond donors (Lipinski definition) is 1. The minimum Gasteiger partial charge on any atom is -0.370 e. The number of rotatable bonds is 7. The van der Waals surface area contributed by atoms with Crippen molar-refractivity contribution >= 4 is 0 Å². The lowest BCUT2D eigenvalue weighted by atomic mass is 10.1. The molecule has 2 atom stereocenters. The summed E-state index contributed by atoms with van der Waals surface area (Å²) < 4.78 is 5.77.